The molecule has 0 fully saturated rings. The summed E-state index contributed by atoms with van der Waals surface area (Å²) in [5.41, 5.74) is 1.10. The Kier molecular flexibility index (Phi) is 8.92. The van der Waals surface area contributed by atoms with Crippen LogP contribution in [0.15, 0.2) is 46.9 Å². The van der Waals surface area contributed by atoms with Gasteiger partial charge in [-0.05, 0) is 68.7 Å². The van der Waals surface area contributed by atoms with Crippen LogP contribution in [0.3, 0.4) is 0 Å². The van der Waals surface area contributed by atoms with Crippen molar-refractivity contribution >= 4 is 44.9 Å². The Morgan fingerprint density at radius 3 is 2.52 bits per heavy atom. The number of anilines is 1. The second kappa shape index (κ2) is 11.2. The summed E-state index contributed by atoms with van der Waals surface area (Å²) in [7, 11) is 0. The Labute approximate surface area is 186 Å². The summed E-state index contributed by atoms with van der Waals surface area (Å²) in [6.45, 7) is 8.70. The van der Waals surface area contributed by atoms with E-state index in [4.69, 9.17) is 21.7 Å². The normalized spacial score (nSPS) is 10.7. The minimum atomic E-state index is -0.342. The van der Waals surface area contributed by atoms with Crippen molar-refractivity contribution in [3.8, 4) is 11.5 Å². The molecule has 29 heavy (non-hydrogen) atoms. The van der Waals surface area contributed by atoms with Crippen molar-refractivity contribution in [1.29, 1.82) is 0 Å². The predicted octanol–water partition coefficient (Wildman–Crippen LogP) is 5.79. The monoisotopic (exact) mass is 478 g/mol. The quantitative estimate of drug-likeness (QED) is 0.470. The number of hydrogen-bond donors (Lipinski definition) is 2. The highest BCUT2D eigenvalue weighted by Gasteiger charge is 2.16. The number of thiocarbonyl (C=S) groups is 1. The molecule has 2 rings (SSSR count). The summed E-state index contributed by atoms with van der Waals surface area (Å²) in [5, 5.41) is 5.93. The topological polar surface area (TPSA) is 59.6 Å². The maximum Gasteiger partial charge on any atom is 0.261 e. The van der Waals surface area contributed by atoms with Crippen molar-refractivity contribution in [2.75, 3.05) is 11.9 Å². The number of para-hydroxylation sites is 2. The molecule has 0 bridgehead atoms. The van der Waals surface area contributed by atoms with E-state index < -0.39 is 0 Å². The van der Waals surface area contributed by atoms with E-state index in [1.165, 1.54) is 0 Å². The van der Waals surface area contributed by atoms with Gasteiger partial charge in [0.2, 0.25) is 0 Å². The molecule has 0 heterocycles. The zero-order valence-electron chi connectivity index (χ0n) is 17.1. The van der Waals surface area contributed by atoms with Crippen molar-refractivity contribution in [3.05, 3.63) is 52.5 Å². The molecule has 7 heteroatoms. The lowest BCUT2D eigenvalue weighted by Gasteiger charge is -2.17. The third-order valence-electron chi connectivity index (χ3n) is 3.86. The molecule has 5 nitrogen and oxygen atoms in total. The summed E-state index contributed by atoms with van der Waals surface area (Å²) in [6, 6.07) is 12.8. The van der Waals surface area contributed by atoms with Gasteiger partial charge in [-0.2, -0.15) is 0 Å². The van der Waals surface area contributed by atoms with Crippen LogP contribution in [0.25, 0.3) is 0 Å². The summed E-state index contributed by atoms with van der Waals surface area (Å²) < 4.78 is 12.4. The number of nitrogens with one attached hydrogen (secondary N) is 2. The molecule has 0 aromatic heterocycles. The molecule has 0 spiro atoms. The van der Waals surface area contributed by atoms with E-state index in [9.17, 15) is 4.79 Å². The van der Waals surface area contributed by atoms with E-state index in [0.717, 1.165) is 10.9 Å². The maximum absolute atomic E-state index is 12.8. The zero-order valence-corrected chi connectivity index (χ0v) is 19.5. The second-order valence-electron chi connectivity index (χ2n) is 7.24. The number of carbonyl (C=O) groups excluding carboxylic acids is 1. The van der Waals surface area contributed by atoms with Gasteiger partial charge < -0.3 is 14.8 Å². The second-order valence-corrected chi connectivity index (χ2v) is 8.57. The minimum absolute atomic E-state index is 0.0216. The molecule has 1 amide bonds. The summed E-state index contributed by atoms with van der Waals surface area (Å²) in [4.78, 5) is 12.8. The van der Waals surface area contributed by atoms with Crippen LogP contribution < -0.4 is 20.1 Å². The number of carbonyl (C=O) groups is 1. The van der Waals surface area contributed by atoms with Gasteiger partial charge in [0.05, 0.1) is 24.0 Å². The number of amides is 1. The van der Waals surface area contributed by atoms with E-state index in [1.807, 2.05) is 44.2 Å². The van der Waals surface area contributed by atoms with Crippen LogP contribution in [0.4, 0.5) is 5.69 Å². The van der Waals surface area contributed by atoms with Crippen molar-refractivity contribution in [3.63, 3.8) is 0 Å². The molecule has 2 aromatic rings. The molecule has 0 saturated heterocycles. The Bertz CT molecular complexity index is 856. The van der Waals surface area contributed by atoms with Crippen LogP contribution >= 0.6 is 28.1 Å². The first-order valence-electron chi connectivity index (χ1n) is 9.56. The Balaban J connectivity index is 2.08. The van der Waals surface area contributed by atoms with Crippen LogP contribution in [0.1, 0.15) is 44.5 Å². The number of rotatable bonds is 8. The lowest BCUT2D eigenvalue weighted by molar-refractivity contribution is 0.0973. The van der Waals surface area contributed by atoms with E-state index in [1.54, 1.807) is 12.1 Å². The van der Waals surface area contributed by atoms with Gasteiger partial charge in [0.15, 0.2) is 5.11 Å². The highest BCUT2D eigenvalue weighted by Crippen LogP contribution is 2.26. The van der Waals surface area contributed by atoms with Crippen molar-refractivity contribution in [2.24, 2.45) is 5.92 Å². The molecule has 2 N–H and O–H groups in total. The summed E-state index contributed by atoms with van der Waals surface area (Å²) >= 11 is 8.74. The SMILES string of the molecule is CC(C)CCOc1ccc(Br)cc1C(=O)NC(=S)Nc1ccccc1OC(C)C. The van der Waals surface area contributed by atoms with Crippen molar-refractivity contribution in [1.82, 2.24) is 5.32 Å². The molecule has 0 aliphatic rings. The van der Waals surface area contributed by atoms with Gasteiger partial charge in [-0.3, -0.25) is 10.1 Å². The molecule has 156 valence electrons. The largest absolute Gasteiger partial charge is 0.493 e. The molecule has 0 unspecified atom stereocenters. The van der Waals surface area contributed by atoms with Crippen molar-refractivity contribution in [2.45, 2.75) is 40.2 Å². The van der Waals surface area contributed by atoms with E-state index in [-0.39, 0.29) is 17.1 Å². The van der Waals surface area contributed by atoms with Gasteiger partial charge in [-0.25, -0.2) is 0 Å². The summed E-state index contributed by atoms with van der Waals surface area (Å²) in [5.74, 6) is 1.37. The zero-order chi connectivity index (χ0) is 21.4. The Morgan fingerprint density at radius 1 is 1.10 bits per heavy atom. The third-order valence-corrected chi connectivity index (χ3v) is 4.56. The molecule has 0 atom stereocenters. The molecular weight excluding hydrogens is 452 g/mol. The number of hydrogen-bond acceptors (Lipinski definition) is 4. The summed E-state index contributed by atoms with van der Waals surface area (Å²) in [6.07, 6.45) is 0.928. The fourth-order valence-electron chi connectivity index (χ4n) is 2.46. The smallest absolute Gasteiger partial charge is 0.261 e. The minimum Gasteiger partial charge on any atom is -0.493 e. The molecule has 0 radical (unpaired) electrons. The molecular formula is C22H27BrN2O3S. The van der Waals surface area contributed by atoms with Gasteiger partial charge in [0.1, 0.15) is 11.5 Å². The Morgan fingerprint density at radius 2 is 1.83 bits per heavy atom. The van der Waals surface area contributed by atoms with Gasteiger partial charge in [0, 0.05) is 4.47 Å². The molecule has 0 aliphatic heterocycles. The van der Waals surface area contributed by atoms with Crippen molar-refractivity contribution < 1.29 is 14.3 Å². The highest BCUT2D eigenvalue weighted by molar-refractivity contribution is 9.10. The van der Waals surface area contributed by atoms with Crippen LogP contribution in [0.5, 0.6) is 11.5 Å². The lowest BCUT2D eigenvalue weighted by Crippen LogP contribution is -2.34. The van der Waals surface area contributed by atoms with Crippen LogP contribution in [-0.4, -0.2) is 23.7 Å². The molecule has 0 saturated carbocycles. The van der Waals surface area contributed by atoms with Gasteiger partial charge in [0.25, 0.3) is 5.91 Å². The lowest BCUT2D eigenvalue weighted by atomic mass is 10.1. The first kappa shape index (κ1) is 23.2. The fourth-order valence-corrected chi connectivity index (χ4v) is 3.02. The highest BCUT2D eigenvalue weighted by atomic mass is 79.9. The van der Waals surface area contributed by atoms with Gasteiger partial charge in [-0.1, -0.05) is 41.9 Å². The van der Waals surface area contributed by atoms with Crippen LogP contribution in [0, 0.1) is 5.92 Å². The van der Waals surface area contributed by atoms with Crippen LogP contribution in [0.2, 0.25) is 0 Å². The maximum atomic E-state index is 12.8. The number of halogens is 1. The number of benzene rings is 2. The average Bonchev–Trinajstić information content (AvgIpc) is 2.63. The standard InChI is InChI=1S/C22H27BrN2O3S/c1-14(2)11-12-27-19-10-9-16(23)13-17(19)21(26)25-22(29)24-18-7-5-6-8-20(18)28-15(3)4/h5-10,13-15H,11-12H2,1-4H3,(H2,24,25,26,29). The van der Waals surface area contributed by atoms with Gasteiger partial charge >= 0.3 is 0 Å². The first-order chi connectivity index (χ1) is 13.8. The van der Waals surface area contributed by atoms with E-state index in [2.05, 4.69) is 40.4 Å². The first-order valence-corrected chi connectivity index (χ1v) is 10.8. The van der Waals surface area contributed by atoms with Crippen LogP contribution in [-0.2, 0) is 0 Å². The number of ether oxygens (including phenoxy) is 2. The Hall–Kier alpha value is -2.12. The van der Waals surface area contributed by atoms with E-state index in [0.29, 0.717) is 35.3 Å². The fraction of sp³-hybridized carbons (Fsp3) is 0.364. The predicted molar refractivity (Wildman–Crippen MR) is 125 cm³/mol. The molecule has 2 aromatic carbocycles. The van der Waals surface area contributed by atoms with E-state index >= 15 is 0 Å². The van der Waals surface area contributed by atoms with Gasteiger partial charge in [-0.15, -0.1) is 0 Å². The molecule has 0 aliphatic carbocycles. The third kappa shape index (κ3) is 7.66. The average molecular weight is 479 g/mol.